The van der Waals surface area contributed by atoms with Crippen LogP contribution in [-0.4, -0.2) is 14.9 Å². The van der Waals surface area contributed by atoms with Gasteiger partial charge in [0.1, 0.15) is 0 Å². The summed E-state index contributed by atoms with van der Waals surface area (Å²) >= 11 is 0. The van der Waals surface area contributed by atoms with Gasteiger partial charge in [-0.15, -0.1) is 0 Å². The molecule has 0 aromatic rings. The molecule has 1 unspecified atom stereocenters. The molecule has 0 aromatic heterocycles. The molecule has 0 aliphatic heterocycles. The van der Waals surface area contributed by atoms with Crippen molar-refractivity contribution in [1.29, 1.82) is 0 Å². The van der Waals surface area contributed by atoms with Gasteiger partial charge < -0.3 is 4.43 Å². The van der Waals surface area contributed by atoms with Crippen LogP contribution in [0.15, 0.2) is 11.6 Å². The monoisotopic (exact) mass is 225 g/mol. The van der Waals surface area contributed by atoms with E-state index in [1.807, 2.05) is 0 Å². The highest BCUT2D eigenvalue weighted by atomic mass is 28.4. The molecule has 1 aliphatic rings. The lowest BCUT2D eigenvalue weighted by Gasteiger charge is -2.37. The Morgan fingerprint density at radius 2 is 2.07 bits per heavy atom. The zero-order valence-electron chi connectivity index (χ0n) is 10.9. The second-order valence-electron chi connectivity index (χ2n) is 6.24. The van der Waals surface area contributed by atoms with E-state index in [0.717, 1.165) is 19.4 Å². The molecule has 0 N–H and O–H groups in total. The molecule has 0 saturated carbocycles. The van der Waals surface area contributed by atoms with E-state index in [0.29, 0.717) is 11.0 Å². The standard InChI is InChI=1S/C13H25OSi/c1-11-7-8-12(9-11)10-14-15(5,6)13(2,3)4/h7,12H,1,8-10H2,2-6H3. The van der Waals surface area contributed by atoms with Crippen molar-refractivity contribution in [1.82, 2.24) is 0 Å². The van der Waals surface area contributed by atoms with Gasteiger partial charge in [0.2, 0.25) is 0 Å². The molecule has 1 rings (SSSR count). The summed E-state index contributed by atoms with van der Waals surface area (Å²) in [6.45, 7) is 16.4. The summed E-state index contributed by atoms with van der Waals surface area (Å²) in [6, 6.07) is 0. The summed E-state index contributed by atoms with van der Waals surface area (Å²) in [4.78, 5) is 0. The Bertz CT molecular complexity index is 248. The van der Waals surface area contributed by atoms with E-state index in [2.05, 4.69) is 46.9 Å². The van der Waals surface area contributed by atoms with Crippen molar-refractivity contribution < 1.29 is 4.43 Å². The Hall–Kier alpha value is -0.0831. The molecule has 0 heterocycles. The van der Waals surface area contributed by atoms with Gasteiger partial charge in [-0.1, -0.05) is 32.4 Å². The zero-order valence-corrected chi connectivity index (χ0v) is 11.9. The van der Waals surface area contributed by atoms with Crippen LogP contribution >= 0.6 is 0 Å². The van der Waals surface area contributed by atoms with E-state index in [1.165, 1.54) is 5.57 Å². The van der Waals surface area contributed by atoms with Crippen molar-refractivity contribution in [3.63, 3.8) is 0 Å². The van der Waals surface area contributed by atoms with E-state index in [9.17, 15) is 0 Å². The molecule has 1 atom stereocenters. The summed E-state index contributed by atoms with van der Waals surface area (Å²) in [5.41, 5.74) is 1.29. The fraction of sp³-hybridized carbons (Fsp3) is 0.769. The van der Waals surface area contributed by atoms with Gasteiger partial charge in [-0.25, -0.2) is 0 Å². The molecular weight excluding hydrogens is 200 g/mol. The molecule has 0 amide bonds. The molecule has 1 radical (unpaired) electrons. The molecule has 2 heteroatoms. The van der Waals surface area contributed by atoms with E-state index in [-0.39, 0.29) is 0 Å². The van der Waals surface area contributed by atoms with Gasteiger partial charge in [0.05, 0.1) is 0 Å². The molecule has 0 aromatic carbocycles. The SMILES string of the molecule is [CH2]C1=CCC(CO[Si](C)(C)C(C)(C)C)C1. The van der Waals surface area contributed by atoms with E-state index in [1.54, 1.807) is 0 Å². The Labute approximate surface area is 96.0 Å². The molecule has 0 spiro atoms. The van der Waals surface area contributed by atoms with Crippen molar-refractivity contribution in [3.05, 3.63) is 18.6 Å². The van der Waals surface area contributed by atoms with E-state index < -0.39 is 8.32 Å². The average Bonchev–Trinajstić information content (AvgIpc) is 2.46. The van der Waals surface area contributed by atoms with Crippen LogP contribution in [0.3, 0.4) is 0 Å². The maximum absolute atomic E-state index is 6.20. The van der Waals surface area contributed by atoms with Crippen LogP contribution in [0, 0.1) is 12.8 Å². The molecule has 0 fully saturated rings. The lowest BCUT2D eigenvalue weighted by molar-refractivity contribution is 0.233. The molecule has 87 valence electrons. The minimum absolute atomic E-state index is 0.326. The van der Waals surface area contributed by atoms with Crippen molar-refractivity contribution in [3.8, 4) is 0 Å². The van der Waals surface area contributed by atoms with Crippen LogP contribution in [0.25, 0.3) is 0 Å². The summed E-state index contributed by atoms with van der Waals surface area (Å²) in [5, 5.41) is 0.326. The first-order chi connectivity index (χ1) is 6.72. The smallest absolute Gasteiger partial charge is 0.191 e. The lowest BCUT2D eigenvalue weighted by Crippen LogP contribution is -2.41. The van der Waals surface area contributed by atoms with Gasteiger partial charge >= 0.3 is 0 Å². The lowest BCUT2D eigenvalue weighted by atomic mass is 10.1. The average molecular weight is 225 g/mol. The summed E-state index contributed by atoms with van der Waals surface area (Å²) in [5.74, 6) is 0.687. The maximum atomic E-state index is 6.20. The third-order valence-corrected chi connectivity index (χ3v) is 8.28. The molecule has 0 saturated heterocycles. The minimum Gasteiger partial charge on any atom is -0.417 e. The molecule has 1 aliphatic carbocycles. The number of rotatable bonds is 3. The third kappa shape index (κ3) is 3.46. The van der Waals surface area contributed by atoms with Gasteiger partial charge in [-0.3, -0.25) is 0 Å². The number of hydrogen-bond donors (Lipinski definition) is 0. The third-order valence-electron chi connectivity index (χ3n) is 3.78. The van der Waals surface area contributed by atoms with Crippen LogP contribution in [0.5, 0.6) is 0 Å². The second kappa shape index (κ2) is 4.42. The molecule has 1 nitrogen and oxygen atoms in total. The fourth-order valence-electron chi connectivity index (χ4n) is 1.54. The van der Waals surface area contributed by atoms with Crippen LogP contribution in [0.4, 0.5) is 0 Å². The van der Waals surface area contributed by atoms with Gasteiger partial charge in [0.25, 0.3) is 0 Å². The fourth-order valence-corrected chi connectivity index (χ4v) is 2.63. The van der Waals surface area contributed by atoms with Gasteiger partial charge in [-0.2, -0.15) is 0 Å². The highest BCUT2D eigenvalue weighted by Crippen LogP contribution is 2.37. The van der Waals surface area contributed by atoms with Gasteiger partial charge in [0.15, 0.2) is 8.32 Å². The van der Waals surface area contributed by atoms with E-state index >= 15 is 0 Å². The van der Waals surface area contributed by atoms with Crippen molar-refractivity contribution in [2.24, 2.45) is 5.92 Å². The first-order valence-electron chi connectivity index (χ1n) is 5.87. The molecule has 0 bridgehead atoms. The van der Waals surface area contributed by atoms with Crippen LogP contribution in [0.1, 0.15) is 33.6 Å². The van der Waals surface area contributed by atoms with Crippen molar-refractivity contribution in [2.75, 3.05) is 6.61 Å². The summed E-state index contributed by atoms with van der Waals surface area (Å²) in [6.07, 6.45) is 4.54. The first-order valence-corrected chi connectivity index (χ1v) is 8.78. The Kier molecular flexibility index (Phi) is 3.83. The predicted octanol–water partition coefficient (Wildman–Crippen LogP) is 4.18. The largest absolute Gasteiger partial charge is 0.417 e. The van der Waals surface area contributed by atoms with Crippen molar-refractivity contribution in [2.45, 2.75) is 51.7 Å². The quantitative estimate of drug-likeness (QED) is 0.655. The number of allylic oxidation sites excluding steroid dienone is 2. The van der Waals surface area contributed by atoms with Crippen LogP contribution in [0.2, 0.25) is 18.1 Å². The topological polar surface area (TPSA) is 9.23 Å². The predicted molar refractivity (Wildman–Crippen MR) is 69.3 cm³/mol. The van der Waals surface area contributed by atoms with Crippen molar-refractivity contribution >= 4 is 8.32 Å². The number of hydrogen-bond acceptors (Lipinski definition) is 1. The van der Waals surface area contributed by atoms with E-state index in [4.69, 9.17) is 4.43 Å². The Balaban J connectivity index is 2.38. The summed E-state index contributed by atoms with van der Waals surface area (Å²) in [7, 11) is -1.54. The molecule has 15 heavy (non-hydrogen) atoms. The Morgan fingerprint density at radius 3 is 2.47 bits per heavy atom. The normalized spacial score (nSPS) is 23.1. The maximum Gasteiger partial charge on any atom is 0.191 e. The van der Waals surface area contributed by atoms with Crippen LogP contribution in [-0.2, 0) is 4.43 Å². The molecular formula is C13H25OSi. The Morgan fingerprint density at radius 1 is 1.47 bits per heavy atom. The second-order valence-corrected chi connectivity index (χ2v) is 11.0. The first kappa shape index (κ1) is 13.0. The van der Waals surface area contributed by atoms with Gasteiger partial charge in [0, 0.05) is 6.61 Å². The van der Waals surface area contributed by atoms with Gasteiger partial charge in [-0.05, 0) is 43.8 Å². The van der Waals surface area contributed by atoms with Crippen LogP contribution < -0.4 is 0 Å². The zero-order chi connectivity index (χ0) is 11.7. The highest BCUT2D eigenvalue weighted by molar-refractivity contribution is 6.74. The summed E-state index contributed by atoms with van der Waals surface area (Å²) < 4.78 is 6.20. The minimum atomic E-state index is -1.54. The highest BCUT2D eigenvalue weighted by Gasteiger charge is 2.37.